The molecule has 1 saturated heterocycles. The molecule has 9 heteroatoms. The SMILES string of the molecule is Cc1noc(C)c1S(=O)(=O)N1CCC(C(=O)N[C@@H](C)c2ccc(F)cc2)CC1. The minimum Gasteiger partial charge on any atom is -0.360 e. The molecule has 1 aliphatic rings. The Morgan fingerprint density at radius 3 is 2.39 bits per heavy atom. The van der Waals surface area contributed by atoms with Crippen molar-refractivity contribution in [3.8, 4) is 0 Å². The fourth-order valence-electron chi connectivity index (χ4n) is 3.50. The van der Waals surface area contributed by atoms with Crippen LogP contribution >= 0.6 is 0 Å². The predicted octanol–water partition coefficient (Wildman–Crippen LogP) is 2.71. The minimum absolute atomic E-state index is 0.111. The van der Waals surface area contributed by atoms with Crippen molar-refractivity contribution >= 4 is 15.9 Å². The van der Waals surface area contributed by atoms with E-state index in [1.54, 1.807) is 26.0 Å². The van der Waals surface area contributed by atoms with Crippen LogP contribution in [-0.4, -0.2) is 36.9 Å². The van der Waals surface area contributed by atoms with Gasteiger partial charge in [-0.3, -0.25) is 4.79 Å². The summed E-state index contributed by atoms with van der Waals surface area (Å²) in [7, 11) is -3.69. The molecule has 0 aliphatic carbocycles. The zero-order valence-electron chi connectivity index (χ0n) is 16.1. The first-order valence-electron chi connectivity index (χ1n) is 9.19. The highest BCUT2D eigenvalue weighted by Crippen LogP contribution is 2.28. The third-order valence-electron chi connectivity index (χ3n) is 5.12. The molecule has 2 aromatic rings. The Morgan fingerprint density at radius 1 is 1.25 bits per heavy atom. The monoisotopic (exact) mass is 409 g/mol. The van der Waals surface area contributed by atoms with E-state index in [-0.39, 0.29) is 47.4 Å². The average Bonchev–Trinajstić information content (AvgIpc) is 3.01. The fraction of sp³-hybridized carbons (Fsp3) is 0.474. The third-order valence-corrected chi connectivity index (χ3v) is 7.26. The minimum atomic E-state index is -3.69. The van der Waals surface area contributed by atoms with Gasteiger partial charge in [-0.05, 0) is 51.3 Å². The second-order valence-electron chi connectivity index (χ2n) is 7.11. The summed E-state index contributed by atoms with van der Waals surface area (Å²) in [6.45, 7) is 5.53. The topological polar surface area (TPSA) is 92.5 Å². The standard InChI is InChI=1S/C19H24FN3O4S/c1-12(15-4-6-17(20)7-5-15)21-19(24)16-8-10-23(11-9-16)28(25,26)18-13(2)22-27-14(18)3/h4-7,12,16H,8-11H2,1-3H3,(H,21,24)/t12-/m0/s1. The number of rotatable bonds is 5. The molecule has 0 bridgehead atoms. The van der Waals surface area contributed by atoms with E-state index in [0.717, 1.165) is 5.56 Å². The second kappa shape index (κ2) is 8.00. The van der Waals surface area contributed by atoms with Crippen LogP contribution in [-0.2, 0) is 14.8 Å². The quantitative estimate of drug-likeness (QED) is 0.820. The van der Waals surface area contributed by atoms with Gasteiger partial charge < -0.3 is 9.84 Å². The van der Waals surface area contributed by atoms with Crippen molar-refractivity contribution in [2.45, 2.75) is 44.6 Å². The molecule has 0 saturated carbocycles. The summed E-state index contributed by atoms with van der Waals surface area (Å²) in [4.78, 5) is 12.7. The van der Waals surface area contributed by atoms with Crippen molar-refractivity contribution < 1.29 is 22.1 Å². The van der Waals surface area contributed by atoms with Crippen molar-refractivity contribution in [2.75, 3.05) is 13.1 Å². The number of piperidine rings is 1. The first kappa shape index (κ1) is 20.5. The van der Waals surface area contributed by atoms with Gasteiger partial charge in [-0.15, -0.1) is 0 Å². The summed E-state index contributed by atoms with van der Waals surface area (Å²) in [6, 6.07) is 5.74. The molecule has 152 valence electrons. The number of aromatic nitrogens is 1. The van der Waals surface area contributed by atoms with Gasteiger partial charge in [-0.25, -0.2) is 12.8 Å². The van der Waals surface area contributed by atoms with Gasteiger partial charge in [0, 0.05) is 19.0 Å². The Balaban J connectivity index is 1.60. The highest BCUT2D eigenvalue weighted by Gasteiger charge is 2.35. The molecule has 7 nitrogen and oxygen atoms in total. The van der Waals surface area contributed by atoms with Gasteiger partial charge in [-0.1, -0.05) is 17.3 Å². The van der Waals surface area contributed by atoms with Crippen LogP contribution in [0.3, 0.4) is 0 Å². The molecule has 1 atom stereocenters. The lowest BCUT2D eigenvalue weighted by Gasteiger charge is -2.31. The Bertz CT molecular complexity index is 929. The number of sulfonamides is 1. The molecule has 0 unspecified atom stereocenters. The number of hydrogen-bond acceptors (Lipinski definition) is 5. The first-order chi connectivity index (χ1) is 13.2. The van der Waals surface area contributed by atoms with E-state index in [2.05, 4.69) is 10.5 Å². The highest BCUT2D eigenvalue weighted by atomic mass is 32.2. The van der Waals surface area contributed by atoms with E-state index in [0.29, 0.717) is 18.5 Å². The van der Waals surface area contributed by atoms with Crippen molar-refractivity contribution in [3.63, 3.8) is 0 Å². The maximum absolute atomic E-state index is 13.0. The number of amides is 1. The lowest BCUT2D eigenvalue weighted by molar-refractivity contribution is -0.126. The van der Waals surface area contributed by atoms with Gasteiger partial charge in [-0.2, -0.15) is 4.31 Å². The van der Waals surface area contributed by atoms with Gasteiger partial charge in [0.05, 0.1) is 6.04 Å². The van der Waals surface area contributed by atoms with Crippen LogP contribution in [0.5, 0.6) is 0 Å². The molecule has 1 fully saturated rings. The summed E-state index contributed by atoms with van der Waals surface area (Å²) < 4.78 is 45.1. The molecule has 1 aliphatic heterocycles. The van der Waals surface area contributed by atoms with Crippen LogP contribution in [0.4, 0.5) is 4.39 Å². The number of nitrogens with one attached hydrogen (secondary N) is 1. The van der Waals surface area contributed by atoms with Crippen LogP contribution in [0.15, 0.2) is 33.7 Å². The number of hydrogen-bond donors (Lipinski definition) is 1. The lowest BCUT2D eigenvalue weighted by Crippen LogP contribution is -2.43. The van der Waals surface area contributed by atoms with Crippen molar-refractivity contribution in [1.29, 1.82) is 0 Å². The lowest BCUT2D eigenvalue weighted by atomic mass is 9.96. The Morgan fingerprint density at radius 2 is 1.86 bits per heavy atom. The average molecular weight is 409 g/mol. The third kappa shape index (κ3) is 4.10. The Kier molecular flexibility index (Phi) is 5.85. The van der Waals surface area contributed by atoms with Crippen LogP contribution in [0, 0.1) is 25.6 Å². The van der Waals surface area contributed by atoms with E-state index in [1.807, 2.05) is 6.92 Å². The predicted molar refractivity (Wildman–Crippen MR) is 100 cm³/mol. The molecule has 28 heavy (non-hydrogen) atoms. The maximum Gasteiger partial charge on any atom is 0.248 e. The van der Waals surface area contributed by atoms with Crippen molar-refractivity contribution in [2.24, 2.45) is 5.92 Å². The summed E-state index contributed by atoms with van der Waals surface area (Å²) in [5.74, 6) is -0.440. The number of halogens is 1. The van der Waals surface area contributed by atoms with Gasteiger partial charge in [0.1, 0.15) is 16.4 Å². The zero-order valence-corrected chi connectivity index (χ0v) is 16.9. The zero-order chi connectivity index (χ0) is 20.5. The summed E-state index contributed by atoms with van der Waals surface area (Å²) >= 11 is 0. The number of nitrogens with zero attached hydrogens (tertiary/aromatic N) is 2. The van der Waals surface area contributed by atoms with Crippen LogP contribution in [0.25, 0.3) is 0 Å². The van der Waals surface area contributed by atoms with E-state index >= 15 is 0 Å². The molecular formula is C19H24FN3O4S. The molecule has 2 heterocycles. The molecule has 1 aromatic carbocycles. The fourth-order valence-corrected chi connectivity index (χ4v) is 5.26. The van der Waals surface area contributed by atoms with Gasteiger partial charge in [0.2, 0.25) is 15.9 Å². The van der Waals surface area contributed by atoms with Gasteiger partial charge in [0.15, 0.2) is 5.76 Å². The van der Waals surface area contributed by atoms with Gasteiger partial charge in [0.25, 0.3) is 0 Å². The molecule has 3 rings (SSSR count). The van der Waals surface area contributed by atoms with E-state index in [1.165, 1.54) is 16.4 Å². The molecule has 0 spiro atoms. The number of aryl methyl sites for hydroxylation is 2. The smallest absolute Gasteiger partial charge is 0.248 e. The maximum atomic E-state index is 13.0. The molecule has 0 radical (unpaired) electrons. The summed E-state index contributed by atoms with van der Waals surface area (Å²) in [6.07, 6.45) is 0.870. The number of benzene rings is 1. The van der Waals surface area contributed by atoms with E-state index in [9.17, 15) is 17.6 Å². The van der Waals surface area contributed by atoms with Gasteiger partial charge >= 0.3 is 0 Å². The Labute approximate surface area is 163 Å². The van der Waals surface area contributed by atoms with Crippen molar-refractivity contribution in [3.05, 3.63) is 47.1 Å². The van der Waals surface area contributed by atoms with E-state index < -0.39 is 10.0 Å². The molecule has 1 amide bonds. The first-order valence-corrected chi connectivity index (χ1v) is 10.6. The molecular weight excluding hydrogens is 385 g/mol. The molecule has 1 aromatic heterocycles. The van der Waals surface area contributed by atoms with Crippen molar-refractivity contribution in [1.82, 2.24) is 14.8 Å². The Hall–Kier alpha value is -2.26. The van der Waals surface area contributed by atoms with E-state index in [4.69, 9.17) is 4.52 Å². The largest absolute Gasteiger partial charge is 0.360 e. The molecule has 1 N–H and O–H groups in total. The second-order valence-corrected chi connectivity index (χ2v) is 8.99. The van der Waals surface area contributed by atoms with Crippen LogP contribution < -0.4 is 5.32 Å². The van der Waals surface area contributed by atoms with Crippen LogP contribution in [0.1, 0.15) is 42.8 Å². The highest BCUT2D eigenvalue weighted by molar-refractivity contribution is 7.89. The summed E-state index contributed by atoms with van der Waals surface area (Å²) in [5.41, 5.74) is 1.15. The normalized spacial score (nSPS) is 17.4. The number of carbonyl (C=O) groups is 1. The van der Waals surface area contributed by atoms with Crippen LogP contribution in [0.2, 0.25) is 0 Å². The summed E-state index contributed by atoms with van der Waals surface area (Å²) in [5, 5.41) is 6.65. The number of carbonyl (C=O) groups excluding carboxylic acids is 1.